The Bertz CT molecular complexity index is 581. The lowest BCUT2D eigenvalue weighted by atomic mass is 9.83. The van der Waals surface area contributed by atoms with Crippen LogP contribution in [-0.4, -0.2) is 21.2 Å². The number of anilines is 2. The summed E-state index contributed by atoms with van der Waals surface area (Å²) >= 11 is 6.11. The topological polar surface area (TPSA) is 58.2 Å². The smallest absolute Gasteiger partial charge is 0.229 e. The molecule has 0 bridgehead atoms. The van der Waals surface area contributed by atoms with Gasteiger partial charge in [-0.25, -0.2) is 8.42 Å². The zero-order valence-corrected chi connectivity index (χ0v) is 14.1. The molecule has 21 heavy (non-hydrogen) atoms. The highest BCUT2D eigenvalue weighted by molar-refractivity contribution is 7.92. The van der Waals surface area contributed by atoms with E-state index >= 15 is 0 Å². The van der Waals surface area contributed by atoms with Gasteiger partial charge in [0.05, 0.1) is 17.0 Å². The molecule has 4 nitrogen and oxygen atoms in total. The van der Waals surface area contributed by atoms with Crippen molar-refractivity contribution >= 4 is 33.0 Å². The van der Waals surface area contributed by atoms with Crippen LogP contribution in [0.4, 0.5) is 11.4 Å². The van der Waals surface area contributed by atoms with E-state index in [1.54, 1.807) is 12.1 Å². The highest BCUT2D eigenvalue weighted by Crippen LogP contribution is 2.30. The fraction of sp³-hybridized carbons (Fsp3) is 0.600. The molecule has 0 amide bonds. The second kappa shape index (κ2) is 6.88. The van der Waals surface area contributed by atoms with E-state index in [9.17, 15) is 8.42 Å². The molecule has 0 atom stereocenters. The molecule has 0 unspecified atom stereocenters. The molecule has 1 fully saturated rings. The summed E-state index contributed by atoms with van der Waals surface area (Å²) < 4.78 is 24.8. The Labute approximate surface area is 132 Å². The van der Waals surface area contributed by atoms with Gasteiger partial charge < -0.3 is 5.32 Å². The van der Waals surface area contributed by atoms with Crippen molar-refractivity contribution < 1.29 is 8.42 Å². The van der Waals surface area contributed by atoms with E-state index in [0.29, 0.717) is 16.6 Å². The Morgan fingerprint density at radius 3 is 2.48 bits per heavy atom. The minimum atomic E-state index is -3.30. The molecule has 1 aliphatic rings. The third-order valence-corrected chi connectivity index (χ3v) is 4.90. The van der Waals surface area contributed by atoms with Crippen molar-refractivity contribution in [2.24, 2.45) is 11.8 Å². The molecule has 0 saturated heterocycles. The van der Waals surface area contributed by atoms with E-state index < -0.39 is 10.0 Å². The average molecular weight is 331 g/mol. The van der Waals surface area contributed by atoms with Crippen LogP contribution in [0.2, 0.25) is 5.02 Å². The predicted octanol–water partition coefficient (Wildman–Crippen LogP) is 3.95. The normalized spacial score (nSPS) is 22.8. The summed E-state index contributed by atoms with van der Waals surface area (Å²) in [7, 11) is -3.30. The number of hydrogen-bond acceptors (Lipinski definition) is 3. The van der Waals surface area contributed by atoms with Gasteiger partial charge in [-0.15, -0.1) is 0 Å². The molecule has 0 spiro atoms. The molecule has 1 saturated carbocycles. The van der Waals surface area contributed by atoms with Crippen LogP contribution in [0.3, 0.4) is 0 Å². The molecule has 6 heteroatoms. The summed E-state index contributed by atoms with van der Waals surface area (Å²) in [5, 5.41) is 3.80. The summed E-state index contributed by atoms with van der Waals surface area (Å²) in [5.74, 6) is 1.57. The fourth-order valence-corrected chi connectivity index (χ4v) is 3.56. The molecule has 0 radical (unpaired) electrons. The van der Waals surface area contributed by atoms with Crippen LogP contribution in [-0.2, 0) is 10.0 Å². The Hall–Kier alpha value is -0.940. The van der Waals surface area contributed by atoms with Gasteiger partial charge >= 0.3 is 0 Å². The van der Waals surface area contributed by atoms with E-state index in [1.165, 1.54) is 25.7 Å². The van der Waals surface area contributed by atoms with Gasteiger partial charge in [0.1, 0.15) is 0 Å². The molecule has 0 aliphatic heterocycles. The predicted molar refractivity (Wildman–Crippen MR) is 89.5 cm³/mol. The molecule has 118 valence electrons. The van der Waals surface area contributed by atoms with Crippen molar-refractivity contribution in [3.63, 3.8) is 0 Å². The van der Waals surface area contributed by atoms with Crippen molar-refractivity contribution in [3.8, 4) is 0 Å². The highest BCUT2D eigenvalue weighted by atomic mass is 35.5. The standard InChI is InChI=1S/C15H23ClN2O2S/c1-11-3-5-12(6-4-11)10-17-13-7-8-15(14(16)9-13)18-21(2,19)20/h7-9,11-12,17-18H,3-6,10H2,1-2H3. The zero-order valence-electron chi connectivity index (χ0n) is 12.5. The van der Waals surface area contributed by atoms with E-state index in [-0.39, 0.29) is 0 Å². The lowest BCUT2D eigenvalue weighted by Crippen LogP contribution is -2.20. The Morgan fingerprint density at radius 2 is 1.90 bits per heavy atom. The van der Waals surface area contributed by atoms with E-state index in [1.807, 2.05) is 6.07 Å². The molecule has 2 N–H and O–H groups in total. The maximum atomic E-state index is 11.2. The summed E-state index contributed by atoms with van der Waals surface area (Å²) in [4.78, 5) is 0. The molecular formula is C15H23ClN2O2S. The molecule has 1 aromatic carbocycles. The van der Waals surface area contributed by atoms with E-state index in [4.69, 9.17) is 11.6 Å². The molecule has 0 aromatic heterocycles. The zero-order chi connectivity index (χ0) is 15.5. The summed E-state index contributed by atoms with van der Waals surface area (Å²) in [6, 6.07) is 5.31. The molecular weight excluding hydrogens is 308 g/mol. The number of halogens is 1. The fourth-order valence-electron chi connectivity index (χ4n) is 2.70. The van der Waals surface area contributed by atoms with Gasteiger partial charge in [-0.3, -0.25) is 4.72 Å². The number of nitrogens with one attached hydrogen (secondary N) is 2. The van der Waals surface area contributed by atoms with Gasteiger partial charge in [-0.05, 0) is 42.9 Å². The Balaban J connectivity index is 1.91. The maximum absolute atomic E-state index is 11.2. The number of sulfonamides is 1. The first-order valence-corrected chi connectivity index (χ1v) is 9.61. The first-order chi connectivity index (χ1) is 9.83. The van der Waals surface area contributed by atoms with Crippen LogP contribution in [0.5, 0.6) is 0 Å². The van der Waals surface area contributed by atoms with Crippen LogP contribution in [0, 0.1) is 11.8 Å². The van der Waals surface area contributed by atoms with Gasteiger partial charge in [0.2, 0.25) is 10.0 Å². The van der Waals surface area contributed by atoms with Gasteiger partial charge in [-0.2, -0.15) is 0 Å². The summed E-state index contributed by atoms with van der Waals surface area (Å²) in [5.41, 5.74) is 1.34. The average Bonchev–Trinajstić information content (AvgIpc) is 2.40. The first kappa shape index (κ1) is 16.4. The lowest BCUT2D eigenvalue weighted by molar-refractivity contribution is 0.300. The van der Waals surface area contributed by atoms with Gasteiger partial charge in [0.25, 0.3) is 0 Å². The molecule has 1 aromatic rings. The van der Waals surface area contributed by atoms with Crippen molar-refractivity contribution in [1.29, 1.82) is 0 Å². The van der Waals surface area contributed by atoms with Crippen LogP contribution in [0.1, 0.15) is 32.6 Å². The Morgan fingerprint density at radius 1 is 1.24 bits per heavy atom. The lowest BCUT2D eigenvalue weighted by Gasteiger charge is -2.26. The summed E-state index contributed by atoms with van der Waals surface area (Å²) in [6.45, 7) is 3.26. The second-order valence-electron chi connectivity index (χ2n) is 6.08. The van der Waals surface area contributed by atoms with Crippen molar-refractivity contribution in [1.82, 2.24) is 0 Å². The monoisotopic (exact) mass is 330 g/mol. The molecule has 1 aliphatic carbocycles. The number of hydrogen-bond donors (Lipinski definition) is 2. The van der Waals surface area contributed by atoms with Crippen LogP contribution in [0.25, 0.3) is 0 Å². The van der Waals surface area contributed by atoms with E-state index in [2.05, 4.69) is 17.0 Å². The first-order valence-electron chi connectivity index (χ1n) is 7.34. The van der Waals surface area contributed by atoms with Crippen molar-refractivity contribution in [2.75, 3.05) is 22.8 Å². The molecule has 2 rings (SSSR count). The van der Waals surface area contributed by atoms with Crippen LogP contribution < -0.4 is 10.0 Å². The minimum Gasteiger partial charge on any atom is -0.385 e. The van der Waals surface area contributed by atoms with Crippen molar-refractivity contribution in [3.05, 3.63) is 23.2 Å². The SMILES string of the molecule is CC1CCC(CNc2ccc(NS(C)(=O)=O)c(Cl)c2)CC1. The summed E-state index contributed by atoms with van der Waals surface area (Å²) in [6.07, 6.45) is 6.28. The number of benzene rings is 1. The quantitative estimate of drug-likeness (QED) is 0.859. The third-order valence-electron chi connectivity index (χ3n) is 3.99. The third kappa shape index (κ3) is 5.40. The second-order valence-corrected chi connectivity index (χ2v) is 8.23. The van der Waals surface area contributed by atoms with Gasteiger partial charge in [0.15, 0.2) is 0 Å². The van der Waals surface area contributed by atoms with E-state index in [0.717, 1.165) is 24.4 Å². The van der Waals surface area contributed by atoms with Crippen LogP contribution >= 0.6 is 11.6 Å². The number of rotatable bonds is 5. The van der Waals surface area contributed by atoms with Crippen molar-refractivity contribution in [2.45, 2.75) is 32.6 Å². The maximum Gasteiger partial charge on any atom is 0.229 e. The largest absolute Gasteiger partial charge is 0.385 e. The van der Waals surface area contributed by atoms with Gasteiger partial charge in [-0.1, -0.05) is 31.4 Å². The van der Waals surface area contributed by atoms with Gasteiger partial charge in [0, 0.05) is 12.2 Å². The minimum absolute atomic E-state index is 0.405. The van der Waals surface area contributed by atoms with Crippen LogP contribution in [0.15, 0.2) is 18.2 Å². The highest BCUT2D eigenvalue weighted by Gasteiger charge is 2.17. The Kier molecular flexibility index (Phi) is 5.38. The molecule has 0 heterocycles.